The average molecular weight is 278 g/mol. The number of carbonyl (C=O) groups is 3. The standard InChI is InChI=1S/C14H18N2O4/c1-15-11(9-12(17)18)13(19)14(20)16-8-7-10-5-3-2-4-6-10/h2-6,11,15H,7-9H2,1H3,(H,16,20)(H,17,18). The van der Waals surface area contributed by atoms with Gasteiger partial charge in [0.05, 0.1) is 12.5 Å². The monoisotopic (exact) mass is 278 g/mol. The van der Waals surface area contributed by atoms with E-state index in [0.29, 0.717) is 13.0 Å². The predicted molar refractivity (Wildman–Crippen MR) is 73.3 cm³/mol. The molecule has 0 spiro atoms. The number of benzene rings is 1. The summed E-state index contributed by atoms with van der Waals surface area (Å²) in [6, 6.07) is 8.54. The molecule has 1 amide bonds. The summed E-state index contributed by atoms with van der Waals surface area (Å²) in [4.78, 5) is 33.9. The predicted octanol–water partition coefficient (Wildman–Crippen LogP) is -0.0229. The number of amides is 1. The van der Waals surface area contributed by atoms with Crippen LogP contribution < -0.4 is 10.6 Å². The van der Waals surface area contributed by atoms with Crippen LogP contribution in [0.1, 0.15) is 12.0 Å². The molecule has 0 bridgehead atoms. The highest BCUT2D eigenvalue weighted by atomic mass is 16.4. The summed E-state index contributed by atoms with van der Waals surface area (Å²) in [5.41, 5.74) is 1.05. The fraction of sp³-hybridized carbons (Fsp3) is 0.357. The van der Waals surface area contributed by atoms with E-state index in [1.807, 2.05) is 30.3 Å². The minimum atomic E-state index is -1.13. The van der Waals surface area contributed by atoms with Crippen molar-refractivity contribution >= 4 is 17.7 Å². The van der Waals surface area contributed by atoms with Crippen molar-refractivity contribution in [2.75, 3.05) is 13.6 Å². The summed E-state index contributed by atoms with van der Waals surface area (Å²) in [7, 11) is 1.45. The molecule has 20 heavy (non-hydrogen) atoms. The highest BCUT2D eigenvalue weighted by molar-refractivity contribution is 6.38. The van der Waals surface area contributed by atoms with Crippen LogP contribution in [0.4, 0.5) is 0 Å². The summed E-state index contributed by atoms with van der Waals surface area (Å²) in [5, 5.41) is 13.7. The van der Waals surface area contributed by atoms with Gasteiger partial charge in [0.2, 0.25) is 5.78 Å². The Morgan fingerprint density at radius 3 is 2.40 bits per heavy atom. The quantitative estimate of drug-likeness (QED) is 0.581. The number of carboxylic acid groups (broad SMARTS) is 1. The second kappa shape index (κ2) is 8.06. The number of hydrogen-bond donors (Lipinski definition) is 3. The molecular weight excluding hydrogens is 260 g/mol. The van der Waals surface area contributed by atoms with Crippen molar-refractivity contribution in [1.29, 1.82) is 0 Å². The minimum Gasteiger partial charge on any atom is -0.481 e. The molecule has 0 saturated carbocycles. The molecule has 1 rings (SSSR count). The summed E-state index contributed by atoms with van der Waals surface area (Å²) in [5.74, 6) is -2.65. The number of aliphatic carboxylic acids is 1. The third-order valence-electron chi connectivity index (χ3n) is 2.81. The van der Waals surface area contributed by atoms with Crippen LogP contribution in [0.5, 0.6) is 0 Å². The van der Waals surface area contributed by atoms with Gasteiger partial charge in [-0.3, -0.25) is 14.4 Å². The van der Waals surface area contributed by atoms with Crippen molar-refractivity contribution in [3.63, 3.8) is 0 Å². The van der Waals surface area contributed by atoms with Gasteiger partial charge in [0.25, 0.3) is 5.91 Å². The first kappa shape index (κ1) is 15.8. The van der Waals surface area contributed by atoms with E-state index < -0.39 is 30.1 Å². The van der Waals surface area contributed by atoms with Crippen LogP contribution in [-0.4, -0.2) is 42.4 Å². The van der Waals surface area contributed by atoms with Crippen LogP contribution in [0, 0.1) is 0 Å². The van der Waals surface area contributed by atoms with Crippen molar-refractivity contribution in [2.45, 2.75) is 18.9 Å². The lowest BCUT2D eigenvalue weighted by molar-refractivity contribution is -0.142. The van der Waals surface area contributed by atoms with E-state index in [0.717, 1.165) is 5.56 Å². The second-order valence-corrected chi connectivity index (χ2v) is 4.29. The molecule has 0 aromatic heterocycles. The Balaban J connectivity index is 2.41. The first-order valence-electron chi connectivity index (χ1n) is 6.29. The molecule has 0 fully saturated rings. The lowest BCUT2D eigenvalue weighted by Gasteiger charge is -2.12. The van der Waals surface area contributed by atoms with E-state index in [1.54, 1.807) is 0 Å². The molecule has 0 saturated heterocycles. The largest absolute Gasteiger partial charge is 0.481 e. The molecule has 0 heterocycles. The van der Waals surface area contributed by atoms with Gasteiger partial charge in [-0.2, -0.15) is 0 Å². The van der Waals surface area contributed by atoms with Crippen molar-refractivity contribution in [3.8, 4) is 0 Å². The molecule has 6 heteroatoms. The van der Waals surface area contributed by atoms with Crippen LogP contribution in [-0.2, 0) is 20.8 Å². The van der Waals surface area contributed by atoms with Gasteiger partial charge in [-0.1, -0.05) is 30.3 Å². The van der Waals surface area contributed by atoms with Crippen LogP contribution in [0.15, 0.2) is 30.3 Å². The highest BCUT2D eigenvalue weighted by Crippen LogP contribution is 1.99. The Kier molecular flexibility index (Phi) is 6.39. The van der Waals surface area contributed by atoms with E-state index in [1.165, 1.54) is 7.05 Å². The van der Waals surface area contributed by atoms with Crippen molar-refractivity contribution in [3.05, 3.63) is 35.9 Å². The van der Waals surface area contributed by atoms with Crippen LogP contribution in [0.3, 0.4) is 0 Å². The summed E-state index contributed by atoms with van der Waals surface area (Å²) in [6.07, 6.45) is 0.199. The zero-order valence-electron chi connectivity index (χ0n) is 11.3. The zero-order chi connectivity index (χ0) is 15.0. The molecule has 6 nitrogen and oxygen atoms in total. The van der Waals surface area contributed by atoms with Gasteiger partial charge >= 0.3 is 5.97 Å². The van der Waals surface area contributed by atoms with E-state index in [9.17, 15) is 14.4 Å². The van der Waals surface area contributed by atoms with Crippen molar-refractivity contribution < 1.29 is 19.5 Å². The summed E-state index contributed by atoms with van der Waals surface area (Å²) in [6.45, 7) is 0.331. The lowest BCUT2D eigenvalue weighted by atomic mass is 10.1. The summed E-state index contributed by atoms with van der Waals surface area (Å²) < 4.78 is 0. The van der Waals surface area contributed by atoms with Gasteiger partial charge in [-0.25, -0.2) is 0 Å². The molecule has 1 aromatic rings. The normalized spacial score (nSPS) is 11.7. The third kappa shape index (κ3) is 5.19. The molecule has 1 aromatic carbocycles. The van der Waals surface area contributed by atoms with E-state index in [-0.39, 0.29) is 0 Å². The fourth-order valence-electron chi connectivity index (χ4n) is 1.71. The molecule has 0 aliphatic rings. The molecule has 0 aliphatic carbocycles. The highest BCUT2D eigenvalue weighted by Gasteiger charge is 2.25. The second-order valence-electron chi connectivity index (χ2n) is 4.29. The van der Waals surface area contributed by atoms with Crippen molar-refractivity contribution in [2.24, 2.45) is 0 Å². The number of ketones is 1. The Morgan fingerprint density at radius 1 is 1.20 bits per heavy atom. The maximum Gasteiger partial charge on any atom is 0.305 e. The fourth-order valence-corrected chi connectivity index (χ4v) is 1.71. The van der Waals surface area contributed by atoms with Gasteiger partial charge in [-0.15, -0.1) is 0 Å². The van der Waals surface area contributed by atoms with Crippen LogP contribution in [0.2, 0.25) is 0 Å². The molecule has 0 radical (unpaired) electrons. The van der Waals surface area contributed by atoms with Crippen molar-refractivity contribution in [1.82, 2.24) is 10.6 Å². The van der Waals surface area contributed by atoms with Gasteiger partial charge in [-0.05, 0) is 19.0 Å². The molecule has 108 valence electrons. The third-order valence-corrected chi connectivity index (χ3v) is 2.81. The van der Waals surface area contributed by atoms with Crippen LogP contribution >= 0.6 is 0 Å². The van der Waals surface area contributed by atoms with E-state index >= 15 is 0 Å². The summed E-state index contributed by atoms with van der Waals surface area (Å²) >= 11 is 0. The topological polar surface area (TPSA) is 95.5 Å². The maximum absolute atomic E-state index is 11.7. The number of Topliss-reactive ketones (excluding diaryl/α,β-unsaturated/α-hetero) is 1. The number of nitrogens with one attached hydrogen (secondary N) is 2. The Labute approximate surface area is 117 Å². The smallest absolute Gasteiger partial charge is 0.305 e. The lowest BCUT2D eigenvalue weighted by Crippen LogP contribution is -2.45. The number of hydrogen-bond acceptors (Lipinski definition) is 4. The van der Waals surface area contributed by atoms with E-state index in [2.05, 4.69) is 10.6 Å². The zero-order valence-corrected chi connectivity index (χ0v) is 11.3. The number of rotatable bonds is 8. The molecule has 3 N–H and O–H groups in total. The SMILES string of the molecule is CNC(CC(=O)O)C(=O)C(=O)NCCc1ccccc1. The van der Waals surface area contributed by atoms with E-state index in [4.69, 9.17) is 5.11 Å². The average Bonchev–Trinajstić information content (AvgIpc) is 2.44. The van der Waals surface area contributed by atoms with Gasteiger partial charge in [0, 0.05) is 6.54 Å². The Hall–Kier alpha value is -2.21. The first-order valence-corrected chi connectivity index (χ1v) is 6.29. The van der Waals surface area contributed by atoms with Crippen LogP contribution in [0.25, 0.3) is 0 Å². The molecular formula is C14H18N2O4. The first-order chi connectivity index (χ1) is 9.54. The maximum atomic E-state index is 11.7. The van der Waals surface area contributed by atoms with Gasteiger partial charge in [0.1, 0.15) is 0 Å². The number of likely N-dealkylation sites (N-methyl/N-ethyl adjacent to an activating group) is 1. The number of carbonyl (C=O) groups excluding carboxylic acids is 2. The molecule has 1 atom stereocenters. The Bertz CT molecular complexity index is 473. The van der Waals surface area contributed by atoms with Gasteiger partial charge in [0.15, 0.2) is 0 Å². The molecule has 0 aliphatic heterocycles. The number of carboxylic acids is 1. The molecule has 1 unspecified atom stereocenters. The Morgan fingerprint density at radius 2 is 1.85 bits per heavy atom. The van der Waals surface area contributed by atoms with Gasteiger partial charge < -0.3 is 15.7 Å². The minimum absolute atomic E-state index is 0.331.